The summed E-state index contributed by atoms with van der Waals surface area (Å²) in [6.45, 7) is 11.4. The largest absolute Gasteiger partial charge is 0.467 e. The monoisotopic (exact) mass is 347 g/mol. The van der Waals surface area contributed by atoms with Gasteiger partial charge in [0.2, 0.25) is 0 Å². The molecule has 1 aromatic rings. The molecule has 2 heterocycles. The Balaban J connectivity index is 1.82. The van der Waals surface area contributed by atoms with E-state index in [1.54, 1.807) is 6.26 Å². The predicted molar refractivity (Wildman–Crippen MR) is 95.0 cm³/mol. The van der Waals surface area contributed by atoms with E-state index in [1.807, 2.05) is 26.0 Å². The zero-order valence-electron chi connectivity index (χ0n) is 15.7. The van der Waals surface area contributed by atoms with E-state index in [-0.39, 0.29) is 35.5 Å². The second-order valence-electron chi connectivity index (χ2n) is 7.87. The molecule has 0 spiro atoms. The van der Waals surface area contributed by atoms with Gasteiger partial charge in [0.1, 0.15) is 18.5 Å². The first-order valence-electron chi connectivity index (χ1n) is 9.12. The van der Waals surface area contributed by atoms with Gasteiger partial charge >= 0.3 is 6.09 Å². The van der Waals surface area contributed by atoms with E-state index in [0.717, 1.165) is 5.76 Å². The van der Waals surface area contributed by atoms with Crippen LogP contribution < -0.4 is 5.32 Å². The van der Waals surface area contributed by atoms with Gasteiger partial charge in [-0.15, -0.1) is 0 Å². The average molecular weight is 347 g/mol. The summed E-state index contributed by atoms with van der Waals surface area (Å²) in [7, 11) is 0. The Morgan fingerprint density at radius 2 is 2.20 bits per heavy atom. The molecule has 0 aromatic carbocycles. The smallest absolute Gasteiger partial charge is 0.407 e. The lowest BCUT2D eigenvalue weighted by atomic mass is 9.56. The third kappa shape index (κ3) is 3.22. The Kier molecular flexibility index (Phi) is 4.96. The highest BCUT2D eigenvalue weighted by Gasteiger charge is 2.55. The molecule has 1 saturated heterocycles. The van der Waals surface area contributed by atoms with Crippen LogP contribution in [0.25, 0.3) is 0 Å². The number of nitrogens with one attached hydrogen (secondary N) is 1. The molecule has 1 fully saturated rings. The Morgan fingerprint density at radius 3 is 2.84 bits per heavy atom. The molecule has 5 nitrogen and oxygen atoms in total. The maximum absolute atomic E-state index is 12.0. The number of carbonyl (C=O) groups excluding carboxylic acids is 1. The molecule has 5 atom stereocenters. The lowest BCUT2D eigenvalue weighted by Gasteiger charge is -2.54. The second kappa shape index (κ2) is 6.87. The molecular formula is C20H29NO4. The predicted octanol–water partition coefficient (Wildman–Crippen LogP) is 4.32. The molecule has 0 saturated carbocycles. The topological polar surface area (TPSA) is 60.7 Å². The van der Waals surface area contributed by atoms with Crippen molar-refractivity contribution in [2.24, 2.45) is 23.2 Å². The third-order valence-electron chi connectivity index (χ3n) is 5.95. The van der Waals surface area contributed by atoms with Crippen molar-refractivity contribution in [1.29, 1.82) is 0 Å². The minimum atomic E-state index is -0.361. The van der Waals surface area contributed by atoms with Gasteiger partial charge in [0.25, 0.3) is 0 Å². The number of carbonyl (C=O) groups is 1. The van der Waals surface area contributed by atoms with E-state index in [4.69, 9.17) is 13.9 Å². The molecule has 1 aliphatic carbocycles. The van der Waals surface area contributed by atoms with Crippen LogP contribution in [0.4, 0.5) is 4.79 Å². The molecule has 2 bridgehead atoms. The highest BCUT2D eigenvalue weighted by Crippen LogP contribution is 2.56. The van der Waals surface area contributed by atoms with Crippen molar-refractivity contribution in [2.75, 3.05) is 13.2 Å². The number of rotatable bonds is 4. The zero-order chi connectivity index (χ0) is 18.2. The van der Waals surface area contributed by atoms with E-state index < -0.39 is 0 Å². The van der Waals surface area contributed by atoms with Crippen LogP contribution >= 0.6 is 0 Å². The summed E-state index contributed by atoms with van der Waals surface area (Å²) in [5.41, 5.74) is 1.12. The Bertz CT molecular complexity index is 636. The number of hydrogen-bond acceptors (Lipinski definition) is 4. The van der Waals surface area contributed by atoms with Gasteiger partial charge in [-0.2, -0.15) is 0 Å². The van der Waals surface area contributed by atoms with E-state index >= 15 is 0 Å². The van der Waals surface area contributed by atoms with Crippen LogP contribution in [0.15, 0.2) is 34.5 Å². The number of alkyl carbamates (subject to hydrolysis) is 1. The second-order valence-corrected chi connectivity index (χ2v) is 7.87. The van der Waals surface area contributed by atoms with E-state index in [9.17, 15) is 4.79 Å². The fourth-order valence-corrected chi connectivity index (χ4v) is 4.44. The minimum absolute atomic E-state index is 0.0621. The van der Waals surface area contributed by atoms with Crippen LogP contribution in [-0.2, 0) is 9.47 Å². The van der Waals surface area contributed by atoms with Crippen LogP contribution in [0, 0.1) is 23.2 Å². The molecule has 0 radical (unpaired) electrons. The number of amides is 1. The standard InChI is InChI=1S/C20H29NO4/c1-12(2)21-19(22)25-11-20-10-24-18(16-7-6-8-23-16)17(15(20)5)13(3)9-14(20)4/h6-9,12,14-15,17-18H,10-11H2,1-5H3,(H,21,22)/t14-,15-,17-,18-,20+/m1/s1. The molecule has 3 rings (SSSR count). The molecule has 2 aliphatic rings. The number of ether oxygens (including phenoxy) is 2. The van der Waals surface area contributed by atoms with Gasteiger partial charge in [-0.05, 0) is 44.7 Å². The van der Waals surface area contributed by atoms with Crippen LogP contribution in [-0.4, -0.2) is 25.3 Å². The Hall–Kier alpha value is -1.75. The quantitative estimate of drug-likeness (QED) is 0.824. The highest BCUT2D eigenvalue weighted by molar-refractivity contribution is 5.67. The number of allylic oxidation sites excluding steroid dienone is 1. The maximum atomic E-state index is 12.0. The first-order valence-corrected chi connectivity index (χ1v) is 9.12. The normalized spacial score (nSPS) is 34.6. The van der Waals surface area contributed by atoms with Crippen molar-refractivity contribution in [3.05, 3.63) is 35.8 Å². The van der Waals surface area contributed by atoms with Crippen molar-refractivity contribution in [3.8, 4) is 0 Å². The summed E-state index contributed by atoms with van der Waals surface area (Å²) in [4.78, 5) is 12.0. The van der Waals surface area contributed by atoms with Crippen molar-refractivity contribution >= 4 is 6.09 Å². The molecule has 25 heavy (non-hydrogen) atoms. The summed E-state index contributed by atoms with van der Waals surface area (Å²) >= 11 is 0. The maximum Gasteiger partial charge on any atom is 0.407 e. The molecule has 0 unspecified atom stereocenters. The molecule has 1 amide bonds. The van der Waals surface area contributed by atoms with Crippen LogP contribution in [0.2, 0.25) is 0 Å². The number of furan rings is 1. The molecule has 1 aliphatic heterocycles. The van der Waals surface area contributed by atoms with Crippen LogP contribution in [0.3, 0.4) is 0 Å². The Labute approximate surface area is 149 Å². The van der Waals surface area contributed by atoms with Crippen molar-refractivity contribution in [2.45, 2.75) is 46.8 Å². The minimum Gasteiger partial charge on any atom is -0.467 e. The van der Waals surface area contributed by atoms with E-state index in [0.29, 0.717) is 19.1 Å². The average Bonchev–Trinajstić information content (AvgIpc) is 3.05. The molecule has 138 valence electrons. The lowest BCUT2D eigenvalue weighted by molar-refractivity contribution is -0.170. The SMILES string of the molecule is CC1=C[C@@H](C)[C@@]2(COC(=O)NC(C)C)CO[C@H](c3ccco3)[C@H]1[C@H]2C. The van der Waals surface area contributed by atoms with Crippen LogP contribution in [0.1, 0.15) is 46.5 Å². The first kappa shape index (κ1) is 18.1. The van der Waals surface area contributed by atoms with Gasteiger partial charge < -0.3 is 19.2 Å². The summed E-state index contributed by atoms with van der Waals surface area (Å²) in [5.74, 6) is 1.70. The summed E-state index contributed by atoms with van der Waals surface area (Å²) < 4.78 is 17.5. The highest BCUT2D eigenvalue weighted by atomic mass is 16.6. The van der Waals surface area contributed by atoms with Gasteiger partial charge in [0, 0.05) is 17.4 Å². The fourth-order valence-electron chi connectivity index (χ4n) is 4.44. The number of hydrogen-bond donors (Lipinski definition) is 1. The van der Waals surface area contributed by atoms with Gasteiger partial charge in [-0.1, -0.05) is 25.5 Å². The van der Waals surface area contributed by atoms with Crippen molar-refractivity contribution in [3.63, 3.8) is 0 Å². The van der Waals surface area contributed by atoms with Crippen molar-refractivity contribution in [1.82, 2.24) is 5.32 Å². The van der Waals surface area contributed by atoms with Gasteiger partial charge in [-0.3, -0.25) is 0 Å². The van der Waals surface area contributed by atoms with Crippen LogP contribution in [0.5, 0.6) is 0 Å². The van der Waals surface area contributed by atoms with E-state index in [2.05, 4.69) is 32.2 Å². The number of fused-ring (bicyclic) bond motifs is 2. The third-order valence-corrected chi connectivity index (χ3v) is 5.95. The Morgan fingerprint density at radius 1 is 1.44 bits per heavy atom. The molecule has 5 heteroatoms. The molecule has 1 N–H and O–H groups in total. The summed E-state index contributed by atoms with van der Waals surface area (Å²) in [6.07, 6.45) is 3.56. The summed E-state index contributed by atoms with van der Waals surface area (Å²) in [5, 5.41) is 2.79. The van der Waals surface area contributed by atoms with Crippen molar-refractivity contribution < 1.29 is 18.7 Å². The summed E-state index contributed by atoms with van der Waals surface area (Å²) in [6, 6.07) is 3.93. The van der Waals surface area contributed by atoms with Gasteiger partial charge in [0.15, 0.2) is 0 Å². The van der Waals surface area contributed by atoms with Gasteiger partial charge in [0.05, 0.1) is 12.9 Å². The lowest BCUT2D eigenvalue weighted by Crippen LogP contribution is -2.54. The van der Waals surface area contributed by atoms with E-state index in [1.165, 1.54) is 5.57 Å². The van der Waals surface area contributed by atoms with Gasteiger partial charge in [-0.25, -0.2) is 4.79 Å². The fraction of sp³-hybridized carbons (Fsp3) is 0.650. The molecular weight excluding hydrogens is 318 g/mol. The molecule has 1 aromatic heterocycles. The zero-order valence-corrected chi connectivity index (χ0v) is 15.7. The first-order chi connectivity index (χ1) is 11.8.